The molecule has 4 rings (SSSR count). The average Bonchev–Trinajstić information content (AvgIpc) is 3.31. The first-order chi connectivity index (χ1) is 14.7. The summed E-state index contributed by atoms with van der Waals surface area (Å²) in [5.41, 5.74) is 1.97. The largest absolute Gasteiger partial charge is 0.328 e. The van der Waals surface area contributed by atoms with Crippen molar-refractivity contribution < 1.29 is 19.4 Å². The normalized spacial score (nSPS) is 15.8. The van der Waals surface area contributed by atoms with Crippen LogP contribution >= 0.6 is 11.3 Å². The minimum absolute atomic E-state index is 0.140. The lowest BCUT2D eigenvalue weighted by Gasteiger charge is -2.32. The maximum Gasteiger partial charge on any atom is 0.278 e. The summed E-state index contributed by atoms with van der Waals surface area (Å²) in [6.07, 6.45) is 0. The van der Waals surface area contributed by atoms with E-state index in [9.17, 15) is 9.18 Å². The van der Waals surface area contributed by atoms with E-state index in [1.165, 1.54) is 21.4 Å². The fourth-order valence-corrected chi connectivity index (χ4v) is 4.90. The van der Waals surface area contributed by atoms with Crippen LogP contribution in [0.2, 0.25) is 0 Å². The number of piperazine rings is 1. The molecule has 0 bridgehead atoms. The number of thiophene rings is 1. The minimum atomic E-state index is -0.140. The summed E-state index contributed by atoms with van der Waals surface area (Å²) in [6.45, 7) is 4.27. The Kier molecular flexibility index (Phi) is 6.89. The molecule has 0 saturated carbocycles. The topological polar surface area (TPSA) is 41.4 Å². The predicted octanol–water partition coefficient (Wildman–Crippen LogP) is 1.47. The van der Waals surface area contributed by atoms with Gasteiger partial charge in [-0.25, -0.2) is 4.39 Å². The lowest BCUT2D eigenvalue weighted by atomic mass is 10.1. The number of hydrogen-bond donors (Lipinski definition) is 2. The molecule has 2 aromatic carbocycles. The number of benzene rings is 2. The highest BCUT2D eigenvalue weighted by Crippen LogP contribution is 2.22. The summed E-state index contributed by atoms with van der Waals surface area (Å²) in [4.78, 5) is 17.4. The van der Waals surface area contributed by atoms with E-state index >= 15 is 0 Å². The van der Waals surface area contributed by atoms with Gasteiger partial charge in [-0.1, -0.05) is 54.6 Å². The lowest BCUT2D eigenvalue weighted by molar-refractivity contribution is -0.917. The molecule has 6 heteroatoms. The number of halogens is 1. The van der Waals surface area contributed by atoms with Crippen LogP contribution in [0.5, 0.6) is 0 Å². The summed E-state index contributed by atoms with van der Waals surface area (Å²) in [7, 11) is 0. The Morgan fingerprint density at radius 3 is 2.47 bits per heavy atom. The van der Waals surface area contributed by atoms with Crippen molar-refractivity contribution in [1.82, 2.24) is 4.90 Å². The molecule has 156 valence electrons. The second kappa shape index (κ2) is 9.98. The zero-order valence-corrected chi connectivity index (χ0v) is 17.8. The van der Waals surface area contributed by atoms with Crippen LogP contribution in [0, 0.1) is 5.82 Å². The van der Waals surface area contributed by atoms with Gasteiger partial charge >= 0.3 is 0 Å². The molecular formula is C24H28FN3OS+2. The van der Waals surface area contributed by atoms with Gasteiger partial charge in [-0.15, -0.1) is 11.3 Å². The third kappa shape index (κ3) is 5.14. The van der Waals surface area contributed by atoms with E-state index in [-0.39, 0.29) is 17.8 Å². The van der Waals surface area contributed by atoms with Crippen molar-refractivity contribution in [3.63, 3.8) is 0 Å². The molecule has 3 N–H and O–H groups in total. The van der Waals surface area contributed by atoms with Gasteiger partial charge in [-0.05, 0) is 17.5 Å². The van der Waals surface area contributed by atoms with Crippen molar-refractivity contribution >= 4 is 17.2 Å². The highest BCUT2D eigenvalue weighted by Gasteiger charge is 2.27. The molecule has 1 aliphatic heterocycles. The molecule has 0 aliphatic carbocycles. The van der Waals surface area contributed by atoms with Gasteiger partial charge in [0.15, 0.2) is 6.54 Å². The molecule has 2 heterocycles. The van der Waals surface area contributed by atoms with Crippen LogP contribution in [0.25, 0.3) is 0 Å². The number of hydrogen-bond acceptors (Lipinski definition) is 2. The van der Waals surface area contributed by atoms with E-state index in [1.807, 2.05) is 35.2 Å². The van der Waals surface area contributed by atoms with Crippen molar-refractivity contribution in [3.8, 4) is 0 Å². The van der Waals surface area contributed by atoms with E-state index in [0.29, 0.717) is 13.1 Å². The van der Waals surface area contributed by atoms with E-state index in [4.69, 9.17) is 0 Å². The Balaban J connectivity index is 1.30. The highest BCUT2D eigenvalue weighted by molar-refractivity contribution is 7.10. The van der Waals surface area contributed by atoms with Crippen LogP contribution in [0.4, 0.5) is 4.39 Å². The molecule has 1 amide bonds. The average molecular weight is 426 g/mol. The molecule has 1 aliphatic rings. The molecule has 1 atom stereocenters. The van der Waals surface area contributed by atoms with Gasteiger partial charge in [0.2, 0.25) is 0 Å². The first-order valence-electron chi connectivity index (χ1n) is 10.5. The summed E-state index contributed by atoms with van der Waals surface area (Å²) in [5.74, 6) is 0.0380. The predicted molar refractivity (Wildman–Crippen MR) is 117 cm³/mol. The van der Waals surface area contributed by atoms with E-state index in [2.05, 4.69) is 35.0 Å². The molecule has 4 nitrogen and oxygen atoms in total. The number of nitrogens with one attached hydrogen (secondary N) is 1. The number of carbonyl (C=O) groups is 1. The molecule has 1 fully saturated rings. The summed E-state index contributed by atoms with van der Waals surface area (Å²) >= 11 is 1.73. The summed E-state index contributed by atoms with van der Waals surface area (Å²) in [6, 6.07) is 21.6. The molecule has 1 aromatic heterocycles. The number of quaternary nitrogens is 2. The quantitative estimate of drug-likeness (QED) is 0.592. The number of amides is 1. The lowest BCUT2D eigenvalue weighted by Crippen LogP contribution is -3.13. The second-order valence-electron chi connectivity index (χ2n) is 7.74. The zero-order valence-electron chi connectivity index (χ0n) is 17.0. The van der Waals surface area contributed by atoms with Gasteiger partial charge in [-0.2, -0.15) is 0 Å². The number of nitrogens with zero attached hydrogens (tertiary/aromatic N) is 1. The van der Waals surface area contributed by atoms with Crippen molar-refractivity contribution in [1.29, 1.82) is 0 Å². The molecular weight excluding hydrogens is 397 g/mol. The van der Waals surface area contributed by atoms with Gasteiger partial charge in [-0.3, -0.25) is 4.79 Å². The molecule has 30 heavy (non-hydrogen) atoms. The van der Waals surface area contributed by atoms with Gasteiger partial charge in [0.1, 0.15) is 18.4 Å². The van der Waals surface area contributed by atoms with E-state index in [1.54, 1.807) is 17.4 Å². The van der Waals surface area contributed by atoms with E-state index in [0.717, 1.165) is 31.7 Å². The molecule has 1 saturated heterocycles. The Hall–Kier alpha value is -2.54. The number of nitrogens with two attached hydrogens (primary N) is 1. The molecule has 3 aromatic rings. The van der Waals surface area contributed by atoms with Crippen LogP contribution in [0.15, 0.2) is 72.1 Å². The first kappa shape index (κ1) is 20.7. The number of carbonyl (C=O) groups excluding carboxylic acids is 1. The van der Waals surface area contributed by atoms with Crippen molar-refractivity contribution in [2.45, 2.75) is 12.6 Å². The third-order valence-corrected chi connectivity index (χ3v) is 6.71. The molecule has 0 radical (unpaired) electrons. The van der Waals surface area contributed by atoms with Gasteiger partial charge in [0, 0.05) is 11.1 Å². The van der Waals surface area contributed by atoms with Crippen LogP contribution in [-0.4, -0.2) is 43.5 Å². The fourth-order valence-electron chi connectivity index (χ4n) is 4.05. The van der Waals surface area contributed by atoms with Crippen molar-refractivity contribution in [3.05, 3.63) is 93.9 Å². The second-order valence-corrected chi connectivity index (χ2v) is 8.72. The monoisotopic (exact) mass is 425 g/mol. The zero-order chi connectivity index (χ0) is 20.8. The standard InChI is InChI=1S/C24H26FN3OS/c25-21-10-5-4-9-20(21)18-27-12-14-28(15-13-27)23(29)17-26-24(22-11-6-16-30-22)19-7-2-1-3-8-19/h1-11,16,24,26H,12-15,17-18H2/p+2/t24-/m0/s1. The third-order valence-electron chi connectivity index (χ3n) is 5.76. The maximum absolute atomic E-state index is 13.9. The Morgan fingerprint density at radius 2 is 1.77 bits per heavy atom. The molecule has 0 spiro atoms. The Labute approximate surface area is 180 Å². The van der Waals surface area contributed by atoms with Gasteiger partial charge < -0.3 is 15.1 Å². The van der Waals surface area contributed by atoms with E-state index < -0.39 is 0 Å². The van der Waals surface area contributed by atoms with Crippen LogP contribution in [0.1, 0.15) is 22.0 Å². The molecule has 0 unspecified atom stereocenters. The SMILES string of the molecule is O=C(C[NH2+][C@@H](c1ccccc1)c1cccs1)N1CC[NH+](Cc2ccccc2F)CC1. The Morgan fingerprint density at radius 1 is 1.03 bits per heavy atom. The van der Waals surface area contributed by atoms with Crippen molar-refractivity contribution in [2.75, 3.05) is 32.7 Å². The highest BCUT2D eigenvalue weighted by atomic mass is 32.1. The maximum atomic E-state index is 13.9. The number of rotatable bonds is 7. The minimum Gasteiger partial charge on any atom is -0.328 e. The smallest absolute Gasteiger partial charge is 0.278 e. The Bertz CT molecular complexity index is 940. The van der Waals surface area contributed by atoms with Gasteiger partial charge in [0.05, 0.1) is 31.1 Å². The summed E-state index contributed by atoms with van der Waals surface area (Å²) < 4.78 is 13.9. The van der Waals surface area contributed by atoms with Crippen LogP contribution in [0.3, 0.4) is 0 Å². The van der Waals surface area contributed by atoms with Crippen LogP contribution in [-0.2, 0) is 11.3 Å². The van der Waals surface area contributed by atoms with Gasteiger partial charge in [0.25, 0.3) is 5.91 Å². The fraction of sp³-hybridized carbons (Fsp3) is 0.292. The van der Waals surface area contributed by atoms with Crippen LogP contribution < -0.4 is 10.2 Å². The van der Waals surface area contributed by atoms with Crippen molar-refractivity contribution in [2.24, 2.45) is 0 Å². The summed E-state index contributed by atoms with van der Waals surface area (Å²) in [5, 5.41) is 4.22. The first-order valence-corrected chi connectivity index (χ1v) is 11.3.